The normalized spacial score (nSPS) is 19.5. The summed E-state index contributed by atoms with van der Waals surface area (Å²) < 4.78 is 40.2. The van der Waals surface area contributed by atoms with Gasteiger partial charge in [0.15, 0.2) is 0 Å². The summed E-state index contributed by atoms with van der Waals surface area (Å²) in [6.07, 6.45) is 1.37. The Labute approximate surface area is 185 Å². The molecule has 2 aromatic carbocycles. The number of likely N-dealkylation sites (tertiary alicyclic amines) is 1. The molecule has 0 aromatic heterocycles. The van der Waals surface area contributed by atoms with Crippen molar-refractivity contribution in [2.45, 2.75) is 43.2 Å². The lowest BCUT2D eigenvalue weighted by atomic mass is 10.1. The van der Waals surface area contributed by atoms with Crippen molar-refractivity contribution in [3.8, 4) is 0 Å². The van der Waals surface area contributed by atoms with E-state index in [0.29, 0.717) is 18.5 Å². The third kappa shape index (κ3) is 4.42. The van der Waals surface area contributed by atoms with Crippen molar-refractivity contribution in [3.05, 3.63) is 59.9 Å². The average molecular weight is 459 g/mol. The first kappa shape index (κ1) is 22.1. The zero-order valence-corrected chi connectivity index (χ0v) is 18.0. The minimum absolute atomic E-state index is 0.0611. The molecule has 8 nitrogen and oxygen atoms in total. The second-order valence-corrected chi connectivity index (χ2v) is 9.68. The van der Waals surface area contributed by atoms with E-state index in [1.165, 1.54) is 17.0 Å². The van der Waals surface area contributed by atoms with Gasteiger partial charge in [-0.25, -0.2) is 12.8 Å². The summed E-state index contributed by atoms with van der Waals surface area (Å²) in [4.78, 5) is 37.5. The highest BCUT2D eigenvalue weighted by Crippen LogP contribution is 2.27. The molecule has 0 unspecified atom stereocenters. The van der Waals surface area contributed by atoms with Gasteiger partial charge in [0.25, 0.3) is 0 Å². The monoisotopic (exact) mass is 459 g/mol. The summed E-state index contributed by atoms with van der Waals surface area (Å²) >= 11 is 0. The second kappa shape index (κ2) is 8.79. The maximum atomic E-state index is 13.2. The Hall–Kier alpha value is -3.11. The van der Waals surface area contributed by atoms with Gasteiger partial charge in [-0.15, -0.1) is 0 Å². The predicted octanol–water partition coefficient (Wildman–Crippen LogP) is 2.27. The van der Waals surface area contributed by atoms with E-state index < -0.39 is 27.8 Å². The number of rotatable bonds is 6. The molecule has 1 N–H and O–H groups in total. The van der Waals surface area contributed by atoms with E-state index in [1.54, 1.807) is 24.3 Å². The molecular weight excluding hydrogens is 437 g/mol. The molecule has 2 fully saturated rings. The van der Waals surface area contributed by atoms with Crippen LogP contribution in [0.4, 0.5) is 10.1 Å². The van der Waals surface area contributed by atoms with Gasteiger partial charge in [-0.2, -0.15) is 4.31 Å². The third-order valence-corrected chi connectivity index (χ3v) is 7.57. The van der Waals surface area contributed by atoms with E-state index in [9.17, 15) is 27.2 Å². The standard InChI is InChI=1S/C22H22FN3O5S/c23-16-5-9-18(10-6-16)32(30,31)26-13-1-2-19(26)22(29)24-17-7-3-15(4-8-17)14-25-20(27)11-12-21(25)28/h3-10,19H,1-2,11-14H2,(H,24,29)/t19-/m0/s1. The molecule has 0 aliphatic carbocycles. The smallest absolute Gasteiger partial charge is 0.243 e. The van der Waals surface area contributed by atoms with Crippen LogP contribution in [0.5, 0.6) is 0 Å². The molecule has 0 spiro atoms. The topological polar surface area (TPSA) is 104 Å². The fourth-order valence-electron chi connectivity index (χ4n) is 3.93. The summed E-state index contributed by atoms with van der Waals surface area (Å²) in [5.41, 5.74) is 1.22. The van der Waals surface area contributed by atoms with Crippen LogP contribution in [0, 0.1) is 5.82 Å². The average Bonchev–Trinajstić information content (AvgIpc) is 3.39. The van der Waals surface area contributed by atoms with Crippen molar-refractivity contribution in [1.29, 1.82) is 0 Å². The number of carbonyl (C=O) groups excluding carboxylic acids is 3. The van der Waals surface area contributed by atoms with Gasteiger partial charge in [0.1, 0.15) is 11.9 Å². The molecule has 4 rings (SSSR count). The first-order valence-corrected chi connectivity index (χ1v) is 11.7. The number of carbonyl (C=O) groups is 3. The number of hydrogen-bond donors (Lipinski definition) is 1. The summed E-state index contributed by atoms with van der Waals surface area (Å²) in [6.45, 7) is 0.382. The molecule has 2 saturated heterocycles. The summed E-state index contributed by atoms with van der Waals surface area (Å²) in [7, 11) is -3.94. The summed E-state index contributed by atoms with van der Waals surface area (Å²) in [6, 6.07) is 10.3. The number of benzene rings is 2. The van der Waals surface area contributed by atoms with E-state index in [1.807, 2.05) is 0 Å². The van der Waals surface area contributed by atoms with Crippen molar-refractivity contribution in [2.75, 3.05) is 11.9 Å². The largest absolute Gasteiger partial charge is 0.325 e. The summed E-state index contributed by atoms with van der Waals surface area (Å²) in [5.74, 6) is -1.39. The number of nitrogens with one attached hydrogen (secondary N) is 1. The van der Waals surface area contributed by atoms with Gasteiger partial charge in [0.2, 0.25) is 27.7 Å². The quantitative estimate of drug-likeness (QED) is 0.668. The van der Waals surface area contributed by atoms with E-state index in [-0.39, 0.29) is 42.6 Å². The Morgan fingerprint density at radius 1 is 1.00 bits per heavy atom. The Kier molecular flexibility index (Phi) is 6.07. The molecule has 2 heterocycles. The number of anilines is 1. The van der Waals surface area contributed by atoms with Crippen molar-refractivity contribution >= 4 is 33.4 Å². The number of hydrogen-bond acceptors (Lipinski definition) is 5. The highest BCUT2D eigenvalue weighted by molar-refractivity contribution is 7.89. The molecule has 10 heteroatoms. The number of imide groups is 1. The van der Waals surface area contributed by atoms with E-state index in [2.05, 4.69) is 5.32 Å². The van der Waals surface area contributed by atoms with E-state index in [4.69, 9.17) is 0 Å². The zero-order valence-electron chi connectivity index (χ0n) is 17.2. The van der Waals surface area contributed by atoms with Crippen LogP contribution in [-0.2, 0) is 31.0 Å². The number of halogens is 1. The highest BCUT2D eigenvalue weighted by atomic mass is 32.2. The Morgan fingerprint density at radius 3 is 2.25 bits per heavy atom. The molecule has 168 valence electrons. The predicted molar refractivity (Wildman–Crippen MR) is 113 cm³/mol. The second-order valence-electron chi connectivity index (χ2n) is 7.79. The molecule has 0 bridgehead atoms. The molecule has 3 amide bonds. The first-order valence-electron chi connectivity index (χ1n) is 10.3. The third-order valence-electron chi connectivity index (χ3n) is 5.64. The highest BCUT2D eigenvalue weighted by Gasteiger charge is 2.39. The molecular formula is C22H22FN3O5S. The van der Waals surface area contributed by atoms with Crippen LogP contribution in [0.1, 0.15) is 31.2 Å². The van der Waals surface area contributed by atoms with Gasteiger partial charge in [-0.3, -0.25) is 19.3 Å². The molecule has 2 aliphatic rings. The number of sulfonamides is 1. The molecule has 1 atom stereocenters. The maximum absolute atomic E-state index is 13.2. The van der Waals surface area contributed by atoms with Gasteiger partial charge in [0, 0.05) is 25.1 Å². The minimum atomic E-state index is -3.94. The molecule has 0 saturated carbocycles. The van der Waals surface area contributed by atoms with Crippen LogP contribution in [0.15, 0.2) is 53.4 Å². The van der Waals surface area contributed by atoms with Crippen LogP contribution in [0.25, 0.3) is 0 Å². The van der Waals surface area contributed by atoms with E-state index in [0.717, 1.165) is 22.0 Å². The minimum Gasteiger partial charge on any atom is -0.325 e. The van der Waals surface area contributed by atoms with Crippen LogP contribution in [0.3, 0.4) is 0 Å². The zero-order chi connectivity index (χ0) is 22.9. The van der Waals surface area contributed by atoms with Crippen molar-refractivity contribution in [2.24, 2.45) is 0 Å². The van der Waals surface area contributed by atoms with Crippen molar-refractivity contribution in [1.82, 2.24) is 9.21 Å². The lowest BCUT2D eigenvalue weighted by Gasteiger charge is -2.23. The number of amides is 3. The van der Waals surface area contributed by atoms with Gasteiger partial charge in [-0.05, 0) is 54.8 Å². The molecule has 32 heavy (non-hydrogen) atoms. The van der Waals surface area contributed by atoms with Gasteiger partial charge in [0.05, 0.1) is 11.4 Å². The van der Waals surface area contributed by atoms with Gasteiger partial charge in [-0.1, -0.05) is 12.1 Å². The van der Waals surface area contributed by atoms with Gasteiger partial charge >= 0.3 is 0 Å². The lowest BCUT2D eigenvalue weighted by Crippen LogP contribution is -2.43. The Balaban J connectivity index is 1.43. The molecule has 0 radical (unpaired) electrons. The fourth-order valence-corrected chi connectivity index (χ4v) is 5.59. The maximum Gasteiger partial charge on any atom is 0.243 e. The Morgan fingerprint density at radius 2 is 1.62 bits per heavy atom. The van der Waals surface area contributed by atoms with Crippen molar-refractivity contribution in [3.63, 3.8) is 0 Å². The SMILES string of the molecule is O=C(Nc1ccc(CN2C(=O)CCC2=O)cc1)[C@@H]1CCCN1S(=O)(=O)c1ccc(F)cc1. The molecule has 2 aromatic rings. The first-order chi connectivity index (χ1) is 15.3. The molecule has 2 aliphatic heterocycles. The number of nitrogens with zero attached hydrogens (tertiary/aromatic N) is 2. The lowest BCUT2D eigenvalue weighted by molar-refractivity contribution is -0.139. The Bertz CT molecular complexity index is 1130. The van der Waals surface area contributed by atoms with Crippen molar-refractivity contribution < 1.29 is 27.2 Å². The van der Waals surface area contributed by atoms with Crippen LogP contribution in [-0.4, -0.2) is 47.9 Å². The summed E-state index contributed by atoms with van der Waals surface area (Å²) in [5, 5.41) is 2.73. The van der Waals surface area contributed by atoms with Crippen LogP contribution in [0.2, 0.25) is 0 Å². The van der Waals surface area contributed by atoms with Gasteiger partial charge < -0.3 is 5.32 Å². The van der Waals surface area contributed by atoms with Crippen LogP contribution < -0.4 is 5.32 Å². The fraction of sp³-hybridized carbons (Fsp3) is 0.318. The van der Waals surface area contributed by atoms with E-state index >= 15 is 0 Å². The van der Waals surface area contributed by atoms with Crippen LogP contribution >= 0.6 is 0 Å².